The lowest BCUT2D eigenvalue weighted by Gasteiger charge is -2.27. The SMILES string of the molecule is COc1ccc(CN(Cc2ccc(OC)cc2)c2nccnc2[C@@H](C)NCCO)cc1. The minimum Gasteiger partial charge on any atom is -0.497 e. The number of ether oxygens (including phenoxy) is 2. The number of nitrogens with zero attached hydrogens (tertiary/aromatic N) is 3. The van der Waals surface area contributed by atoms with E-state index in [2.05, 4.69) is 44.5 Å². The van der Waals surface area contributed by atoms with Gasteiger partial charge in [-0.15, -0.1) is 0 Å². The highest BCUT2D eigenvalue weighted by Gasteiger charge is 2.19. The maximum atomic E-state index is 9.19. The molecule has 1 atom stereocenters. The minimum absolute atomic E-state index is 0.0508. The average molecular weight is 423 g/mol. The van der Waals surface area contributed by atoms with Crippen LogP contribution in [-0.2, 0) is 13.1 Å². The van der Waals surface area contributed by atoms with Gasteiger partial charge in [0.05, 0.1) is 32.6 Å². The summed E-state index contributed by atoms with van der Waals surface area (Å²) < 4.78 is 10.6. The van der Waals surface area contributed by atoms with E-state index in [0.717, 1.165) is 34.1 Å². The number of benzene rings is 2. The molecule has 31 heavy (non-hydrogen) atoms. The number of anilines is 1. The number of rotatable bonds is 11. The van der Waals surface area contributed by atoms with E-state index in [9.17, 15) is 5.11 Å². The van der Waals surface area contributed by atoms with Crippen molar-refractivity contribution in [3.05, 3.63) is 77.7 Å². The molecule has 7 nitrogen and oxygen atoms in total. The fourth-order valence-corrected chi connectivity index (χ4v) is 3.38. The minimum atomic E-state index is -0.0508. The molecule has 3 aromatic rings. The van der Waals surface area contributed by atoms with Crippen LogP contribution < -0.4 is 19.7 Å². The number of aliphatic hydroxyl groups excluding tert-OH is 1. The van der Waals surface area contributed by atoms with Crippen LogP contribution in [-0.4, -0.2) is 42.4 Å². The first-order valence-electron chi connectivity index (χ1n) is 10.3. The number of aromatic nitrogens is 2. The van der Waals surface area contributed by atoms with Crippen molar-refractivity contribution in [3.8, 4) is 11.5 Å². The summed E-state index contributed by atoms with van der Waals surface area (Å²) in [6.07, 6.45) is 3.42. The number of aliphatic hydroxyl groups is 1. The van der Waals surface area contributed by atoms with Crippen molar-refractivity contribution in [2.45, 2.75) is 26.1 Å². The highest BCUT2D eigenvalue weighted by molar-refractivity contribution is 5.47. The highest BCUT2D eigenvalue weighted by Crippen LogP contribution is 2.26. The van der Waals surface area contributed by atoms with E-state index in [1.54, 1.807) is 26.6 Å². The van der Waals surface area contributed by atoms with Crippen molar-refractivity contribution in [1.82, 2.24) is 15.3 Å². The Kier molecular flexibility index (Phi) is 8.20. The molecule has 0 fully saturated rings. The molecule has 3 rings (SSSR count). The van der Waals surface area contributed by atoms with Gasteiger partial charge in [0.15, 0.2) is 5.82 Å². The van der Waals surface area contributed by atoms with Crippen molar-refractivity contribution in [3.63, 3.8) is 0 Å². The molecule has 0 saturated heterocycles. The van der Waals surface area contributed by atoms with Crippen molar-refractivity contribution >= 4 is 5.82 Å². The normalized spacial score (nSPS) is 11.7. The topological polar surface area (TPSA) is 79.7 Å². The molecule has 1 heterocycles. The van der Waals surface area contributed by atoms with Crippen molar-refractivity contribution in [2.75, 3.05) is 32.3 Å². The third-order valence-corrected chi connectivity index (χ3v) is 5.04. The zero-order chi connectivity index (χ0) is 22.1. The molecule has 0 radical (unpaired) electrons. The third-order valence-electron chi connectivity index (χ3n) is 5.04. The zero-order valence-corrected chi connectivity index (χ0v) is 18.3. The summed E-state index contributed by atoms with van der Waals surface area (Å²) in [7, 11) is 3.33. The standard InChI is InChI=1S/C24H30N4O3/c1-18(25-14-15-29)23-24(27-13-12-26-23)28(16-19-4-8-21(30-2)9-5-19)17-20-6-10-22(31-3)11-7-20/h4-13,18,25,29H,14-17H2,1-3H3/t18-/m1/s1. The second-order valence-corrected chi connectivity index (χ2v) is 7.22. The Balaban J connectivity index is 1.92. The van der Waals surface area contributed by atoms with Crippen LogP contribution in [0, 0.1) is 0 Å². The van der Waals surface area contributed by atoms with Crippen LogP contribution in [0.15, 0.2) is 60.9 Å². The summed E-state index contributed by atoms with van der Waals surface area (Å²) in [5.74, 6) is 2.46. The predicted octanol–water partition coefficient (Wildman–Crippen LogP) is 3.34. The zero-order valence-electron chi connectivity index (χ0n) is 18.3. The van der Waals surface area contributed by atoms with E-state index in [0.29, 0.717) is 19.6 Å². The molecule has 1 aromatic heterocycles. The molecule has 0 saturated carbocycles. The summed E-state index contributed by atoms with van der Waals surface area (Å²) in [4.78, 5) is 11.5. The van der Waals surface area contributed by atoms with E-state index in [4.69, 9.17) is 9.47 Å². The Bertz CT molecular complexity index is 883. The quantitative estimate of drug-likeness (QED) is 0.491. The number of nitrogens with one attached hydrogen (secondary N) is 1. The van der Waals surface area contributed by atoms with Crippen LogP contribution in [0.25, 0.3) is 0 Å². The van der Waals surface area contributed by atoms with E-state index in [-0.39, 0.29) is 12.6 Å². The summed E-state index contributed by atoms with van der Waals surface area (Å²) in [6.45, 7) is 3.92. The second kappa shape index (κ2) is 11.3. The first kappa shape index (κ1) is 22.5. The molecule has 164 valence electrons. The van der Waals surface area contributed by atoms with Crippen molar-refractivity contribution < 1.29 is 14.6 Å². The van der Waals surface area contributed by atoms with Crippen LogP contribution in [0.4, 0.5) is 5.82 Å². The summed E-state index contributed by atoms with van der Waals surface area (Å²) >= 11 is 0. The Hall–Kier alpha value is -3.16. The van der Waals surface area contributed by atoms with Crippen molar-refractivity contribution in [1.29, 1.82) is 0 Å². The second-order valence-electron chi connectivity index (χ2n) is 7.22. The average Bonchev–Trinajstić information content (AvgIpc) is 2.83. The molecule has 0 aliphatic rings. The van der Waals surface area contributed by atoms with Gasteiger partial charge in [-0.2, -0.15) is 0 Å². The molecular formula is C24H30N4O3. The molecule has 0 amide bonds. The van der Waals surface area contributed by atoms with E-state index in [1.165, 1.54) is 0 Å². The van der Waals surface area contributed by atoms with Crippen LogP contribution >= 0.6 is 0 Å². The fourth-order valence-electron chi connectivity index (χ4n) is 3.38. The molecule has 0 bridgehead atoms. The van der Waals surface area contributed by atoms with E-state index >= 15 is 0 Å². The van der Waals surface area contributed by atoms with E-state index < -0.39 is 0 Å². The largest absolute Gasteiger partial charge is 0.497 e. The van der Waals surface area contributed by atoms with Crippen LogP contribution in [0.3, 0.4) is 0 Å². The number of hydrogen-bond acceptors (Lipinski definition) is 7. The monoisotopic (exact) mass is 422 g/mol. The first-order valence-corrected chi connectivity index (χ1v) is 10.3. The van der Waals surface area contributed by atoms with Gasteiger partial charge < -0.3 is 24.8 Å². The molecule has 0 spiro atoms. The first-order chi connectivity index (χ1) is 15.1. The van der Waals surface area contributed by atoms with Gasteiger partial charge in [0, 0.05) is 32.0 Å². The summed E-state index contributed by atoms with van der Waals surface area (Å²) in [5.41, 5.74) is 3.13. The molecule has 2 aromatic carbocycles. The number of hydrogen-bond donors (Lipinski definition) is 2. The third kappa shape index (κ3) is 6.16. The lowest BCUT2D eigenvalue weighted by atomic mass is 10.1. The van der Waals surface area contributed by atoms with Gasteiger partial charge in [0.1, 0.15) is 11.5 Å². The molecule has 0 aliphatic heterocycles. The Morgan fingerprint density at radius 1 is 0.871 bits per heavy atom. The molecule has 2 N–H and O–H groups in total. The maximum Gasteiger partial charge on any atom is 0.152 e. The summed E-state index contributed by atoms with van der Waals surface area (Å²) in [6, 6.07) is 16.0. The molecule has 0 unspecified atom stereocenters. The molecule has 7 heteroatoms. The van der Waals surface area contributed by atoms with Crippen LogP contribution in [0.2, 0.25) is 0 Å². The smallest absolute Gasteiger partial charge is 0.152 e. The van der Waals surface area contributed by atoms with Crippen LogP contribution in [0.5, 0.6) is 11.5 Å². The van der Waals surface area contributed by atoms with Gasteiger partial charge in [-0.25, -0.2) is 4.98 Å². The lowest BCUT2D eigenvalue weighted by molar-refractivity contribution is 0.286. The fraction of sp³-hybridized carbons (Fsp3) is 0.333. The predicted molar refractivity (Wildman–Crippen MR) is 121 cm³/mol. The van der Waals surface area contributed by atoms with Gasteiger partial charge in [0.2, 0.25) is 0 Å². The van der Waals surface area contributed by atoms with Gasteiger partial charge >= 0.3 is 0 Å². The van der Waals surface area contributed by atoms with Gasteiger partial charge in [-0.1, -0.05) is 24.3 Å². The van der Waals surface area contributed by atoms with Gasteiger partial charge in [-0.05, 0) is 42.3 Å². The molecule has 0 aliphatic carbocycles. The Labute approximate surface area is 183 Å². The number of methoxy groups -OCH3 is 2. The maximum absolute atomic E-state index is 9.19. The van der Waals surface area contributed by atoms with Gasteiger partial charge in [-0.3, -0.25) is 4.98 Å². The Morgan fingerprint density at radius 2 is 1.39 bits per heavy atom. The summed E-state index contributed by atoms with van der Waals surface area (Å²) in [5, 5.41) is 12.5. The van der Waals surface area contributed by atoms with Gasteiger partial charge in [0.25, 0.3) is 0 Å². The van der Waals surface area contributed by atoms with E-state index in [1.807, 2.05) is 31.2 Å². The Morgan fingerprint density at radius 3 is 1.87 bits per heavy atom. The molecular weight excluding hydrogens is 392 g/mol. The van der Waals surface area contributed by atoms with Crippen molar-refractivity contribution in [2.24, 2.45) is 0 Å². The lowest BCUT2D eigenvalue weighted by Crippen LogP contribution is -2.29. The highest BCUT2D eigenvalue weighted by atomic mass is 16.5. The van der Waals surface area contributed by atoms with Crippen LogP contribution in [0.1, 0.15) is 29.8 Å².